The van der Waals surface area contributed by atoms with Crippen LogP contribution >= 0.6 is 0 Å². The highest BCUT2D eigenvalue weighted by atomic mass is 32.2. The third-order valence-electron chi connectivity index (χ3n) is 6.67. The Balaban J connectivity index is 1.90. The largest absolute Gasteiger partial charge is 0.461 e. The molecular weight excluding hydrogens is 600 g/mol. The Kier molecular flexibility index (Phi) is 6.75. The topological polar surface area (TPSA) is 262 Å². The summed E-state index contributed by atoms with van der Waals surface area (Å²) in [5, 5.41) is 38.7. The number of benzene rings is 4. The van der Waals surface area contributed by atoms with Crippen LogP contribution < -0.4 is 4.74 Å². The first kappa shape index (κ1) is 28.8. The van der Waals surface area contributed by atoms with E-state index in [4.69, 9.17) is 9.47 Å². The van der Waals surface area contributed by atoms with Crippen LogP contribution in [0.5, 0.6) is 5.75 Å². The van der Waals surface area contributed by atoms with Gasteiger partial charge in [0.25, 0.3) is 30.4 Å². The van der Waals surface area contributed by atoms with Crippen molar-refractivity contribution in [2.75, 3.05) is 6.61 Å². The zero-order valence-corrected chi connectivity index (χ0v) is 22.1. The standard InChI is InChI=1S/C22H20O15S3/c23-7-13-19(24)20(25)21(26)22(37-13)36-12-5-14(38(27,28)29)9-3-4-11-16(40(33,34)35)6-15(39(30,31)32)10-2-1-8(12)17(9)18(10)11/h1-6,13,19-26H,7H2,(H,27,28,29)(H,30,31,32)(H,33,34,35)/t13-,19-,20+,21-,22-/m1/s1. The summed E-state index contributed by atoms with van der Waals surface area (Å²) in [6, 6.07) is 5.85. The van der Waals surface area contributed by atoms with Crippen molar-refractivity contribution < 1.29 is 68.8 Å². The van der Waals surface area contributed by atoms with Crippen LogP contribution in [-0.4, -0.2) is 96.7 Å². The summed E-state index contributed by atoms with van der Waals surface area (Å²) >= 11 is 0. The highest BCUT2D eigenvalue weighted by molar-refractivity contribution is 7.87. The van der Waals surface area contributed by atoms with E-state index in [2.05, 4.69) is 0 Å². The fraction of sp³-hybridized carbons (Fsp3) is 0.273. The summed E-state index contributed by atoms with van der Waals surface area (Å²) in [7, 11) is -15.3. The highest BCUT2D eigenvalue weighted by Gasteiger charge is 2.45. The fourth-order valence-corrected chi connectivity index (χ4v) is 7.10. The fourth-order valence-electron chi connectivity index (χ4n) is 4.89. The Hall–Kier alpha value is -2.75. The zero-order valence-electron chi connectivity index (χ0n) is 19.7. The molecule has 0 aromatic heterocycles. The molecule has 0 amide bonds. The summed E-state index contributed by atoms with van der Waals surface area (Å²) in [5.41, 5.74) is 0. The molecule has 1 aliphatic rings. The average Bonchev–Trinajstić information content (AvgIpc) is 2.85. The zero-order chi connectivity index (χ0) is 29.5. The van der Waals surface area contributed by atoms with Gasteiger partial charge in [-0.1, -0.05) is 18.2 Å². The second-order valence-corrected chi connectivity index (χ2v) is 13.2. The van der Waals surface area contributed by atoms with Gasteiger partial charge < -0.3 is 29.9 Å². The Labute approximate surface area is 225 Å². The van der Waals surface area contributed by atoms with Crippen molar-refractivity contribution in [2.24, 2.45) is 0 Å². The van der Waals surface area contributed by atoms with E-state index in [1.807, 2.05) is 0 Å². The SMILES string of the molecule is O=S(=O)(O)c1cc(O[C@@H]2O[C@H](CO)[C@@H](O)[C@H](O)[C@H]2O)c2ccc3c(S(=O)(=O)O)cc(S(=O)(=O)O)c4ccc1c2c34. The molecule has 0 spiro atoms. The molecule has 0 saturated carbocycles. The van der Waals surface area contributed by atoms with Gasteiger partial charge in [-0.3, -0.25) is 13.7 Å². The van der Waals surface area contributed by atoms with Gasteiger partial charge >= 0.3 is 0 Å². The second-order valence-electron chi connectivity index (χ2n) is 9.06. The molecule has 1 heterocycles. The first-order valence-electron chi connectivity index (χ1n) is 11.1. The van der Waals surface area contributed by atoms with Crippen molar-refractivity contribution in [3.05, 3.63) is 36.4 Å². The van der Waals surface area contributed by atoms with Gasteiger partial charge in [0.15, 0.2) is 0 Å². The average molecular weight is 621 g/mol. The molecule has 15 nitrogen and oxygen atoms in total. The maximum Gasteiger partial charge on any atom is 0.295 e. The van der Waals surface area contributed by atoms with E-state index in [9.17, 15) is 59.3 Å². The molecule has 1 fully saturated rings. The monoisotopic (exact) mass is 620 g/mol. The number of aliphatic hydroxyl groups excluding tert-OH is 4. The molecule has 0 bridgehead atoms. The van der Waals surface area contributed by atoms with Gasteiger partial charge in [0.1, 0.15) is 44.9 Å². The first-order valence-corrected chi connectivity index (χ1v) is 15.4. The van der Waals surface area contributed by atoms with Crippen molar-refractivity contribution in [1.29, 1.82) is 0 Å². The maximum absolute atomic E-state index is 12.4. The quantitative estimate of drug-likeness (QED) is 0.106. The van der Waals surface area contributed by atoms with Crippen LogP contribution in [0.15, 0.2) is 51.1 Å². The van der Waals surface area contributed by atoms with Crippen LogP contribution in [0.3, 0.4) is 0 Å². The summed E-state index contributed by atoms with van der Waals surface area (Å²) in [6.07, 6.45) is -8.76. The number of rotatable bonds is 6. The van der Waals surface area contributed by atoms with Crippen LogP contribution in [-0.2, 0) is 35.1 Å². The Bertz CT molecular complexity index is 1930. The summed E-state index contributed by atoms with van der Waals surface area (Å²) < 4.78 is 114. The minimum atomic E-state index is -5.11. The molecular formula is C22H20O15S3. The van der Waals surface area contributed by atoms with E-state index in [1.165, 1.54) is 6.07 Å². The van der Waals surface area contributed by atoms with Crippen molar-refractivity contribution in [1.82, 2.24) is 0 Å². The predicted octanol–water partition coefficient (Wildman–Crippen LogP) is -0.497. The minimum absolute atomic E-state index is 0.0498. The molecule has 1 saturated heterocycles. The molecule has 0 radical (unpaired) electrons. The summed E-state index contributed by atoms with van der Waals surface area (Å²) in [6.45, 7) is -0.809. The van der Waals surface area contributed by atoms with Gasteiger partial charge in [-0.2, -0.15) is 25.3 Å². The van der Waals surface area contributed by atoms with Crippen molar-refractivity contribution in [3.63, 3.8) is 0 Å². The predicted molar refractivity (Wildman–Crippen MR) is 134 cm³/mol. The lowest BCUT2D eigenvalue weighted by Crippen LogP contribution is -2.60. The van der Waals surface area contributed by atoms with E-state index in [1.54, 1.807) is 0 Å². The van der Waals surface area contributed by atoms with E-state index in [0.29, 0.717) is 6.07 Å². The molecule has 0 aliphatic carbocycles. The molecule has 40 heavy (non-hydrogen) atoms. The Morgan fingerprint density at radius 2 is 1.07 bits per heavy atom. The normalized spacial score (nSPS) is 24.7. The second kappa shape index (κ2) is 9.39. The van der Waals surface area contributed by atoms with Crippen molar-refractivity contribution in [3.8, 4) is 5.75 Å². The Morgan fingerprint density at radius 1 is 0.650 bits per heavy atom. The highest BCUT2D eigenvalue weighted by Crippen LogP contribution is 2.45. The molecule has 4 aromatic carbocycles. The van der Waals surface area contributed by atoms with Gasteiger partial charge in [-0.05, 0) is 12.1 Å². The van der Waals surface area contributed by atoms with E-state index in [-0.39, 0.29) is 32.3 Å². The van der Waals surface area contributed by atoms with Crippen molar-refractivity contribution >= 4 is 62.7 Å². The lowest BCUT2D eigenvalue weighted by molar-refractivity contribution is -0.277. The number of hydrogen-bond donors (Lipinski definition) is 7. The molecule has 5 rings (SSSR count). The lowest BCUT2D eigenvalue weighted by Gasteiger charge is -2.39. The molecule has 0 unspecified atom stereocenters. The third kappa shape index (κ3) is 4.56. The van der Waals surface area contributed by atoms with E-state index in [0.717, 1.165) is 24.3 Å². The minimum Gasteiger partial charge on any atom is -0.461 e. The molecule has 4 aromatic rings. The smallest absolute Gasteiger partial charge is 0.295 e. The summed E-state index contributed by atoms with van der Waals surface area (Å²) in [5.74, 6) is -0.440. The number of hydrogen-bond acceptors (Lipinski definition) is 12. The van der Waals surface area contributed by atoms with Gasteiger partial charge in [0, 0.05) is 38.4 Å². The van der Waals surface area contributed by atoms with Gasteiger partial charge in [-0.15, -0.1) is 0 Å². The van der Waals surface area contributed by atoms with Crippen LogP contribution in [0.25, 0.3) is 32.3 Å². The van der Waals surface area contributed by atoms with Crippen LogP contribution in [0.1, 0.15) is 0 Å². The molecule has 216 valence electrons. The van der Waals surface area contributed by atoms with Gasteiger partial charge in [-0.25, -0.2) is 0 Å². The molecule has 18 heteroatoms. The summed E-state index contributed by atoms with van der Waals surface area (Å²) in [4.78, 5) is -2.67. The number of ether oxygens (including phenoxy) is 2. The maximum atomic E-state index is 12.4. The van der Waals surface area contributed by atoms with Crippen LogP contribution in [0.2, 0.25) is 0 Å². The van der Waals surface area contributed by atoms with E-state index < -0.39 is 88.1 Å². The third-order valence-corrected chi connectivity index (χ3v) is 9.35. The van der Waals surface area contributed by atoms with Crippen LogP contribution in [0, 0.1) is 0 Å². The van der Waals surface area contributed by atoms with E-state index >= 15 is 0 Å². The van der Waals surface area contributed by atoms with Gasteiger partial charge in [0.2, 0.25) is 6.29 Å². The molecule has 5 atom stereocenters. The van der Waals surface area contributed by atoms with Crippen LogP contribution in [0.4, 0.5) is 0 Å². The first-order chi connectivity index (χ1) is 18.4. The Morgan fingerprint density at radius 3 is 1.52 bits per heavy atom. The lowest BCUT2D eigenvalue weighted by atomic mass is 9.93. The number of aliphatic hydroxyl groups is 4. The molecule has 1 aliphatic heterocycles. The molecule has 7 N–H and O–H groups in total. The van der Waals surface area contributed by atoms with Crippen molar-refractivity contribution in [2.45, 2.75) is 45.4 Å². The van der Waals surface area contributed by atoms with Gasteiger partial charge in [0.05, 0.1) is 6.61 Å².